The van der Waals surface area contributed by atoms with Gasteiger partial charge >= 0.3 is 0 Å². The lowest BCUT2D eigenvalue weighted by Crippen LogP contribution is -2.47. The average molecular weight is 269 g/mol. The van der Waals surface area contributed by atoms with Crippen LogP contribution >= 0.6 is 0 Å². The number of hydrogen-bond donors (Lipinski definition) is 3. The second-order valence-electron chi connectivity index (χ2n) is 4.23. The van der Waals surface area contributed by atoms with Crippen LogP contribution in [0.2, 0.25) is 0 Å². The van der Waals surface area contributed by atoms with E-state index in [0.29, 0.717) is 25.1 Å². The SMILES string of the molecule is Nc1ccc(S(=O)(=O)NC2CCC(=O)NC2)cc1. The van der Waals surface area contributed by atoms with Gasteiger partial charge in [-0.25, -0.2) is 13.1 Å². The van der Waals surface area contributed by atoms with Crippen LogP contribution in [0, 0.1) is 0 Å². The van der Waals surface area contributed by atoms with Crippen molar-refractivity contribution >= 4 is 21.6 Å². The predicted octanol–water partition coefficient (Wildman–Crippen LogP) is -0.174. The molecule has 1 aromatic carbocycles. The van der Waals surface area contributed by atoms with Crippen molar-refractivity contribution in [3.63, 3.8) is 0 Å². The number of nitrogens with two attached hydrogens (primary N) is 1. The van der Waals surface area contributed by atoms with E-state index in [4.69, 9.17) is 5.73 Å². The normalized spacial score (nSPS) is 20.4. The number of carbonyl (C=O) groups is 1. The second-order valence-corrected chi connectivity index (χ2v) is 5.94. The van der Waals surface area contributed by atoms with E-state index in [1.54, 1.807) is 0 Å². The van der Waals surface area contributed by atoms with E-state index in [0.717, 1.165) is 0 Å². The summed E-state index contributed by atoms with van der Waals surface area (Å²) in [6.45, 7) is 0.326. The zero-order chi connectivity index (χ0) is 13.2. The van der Waals surface area contributed by atoms with E-state index in [-0.39, 0.29) is 16.8 Å². The van der Waals surface area contributed by atoms with Gasteiger partial charge in [-0.2, -0.15) is 0 Å². The highest BCUT2D eigenvalue weighted by atomic mass is 32.2. The fraction of sp³-hybridized carbons (Fsp3) is 0.364. The molecule has 2 rings (SSSR count). The summed E-state index contributed by atoms with van der Waals surface area (Å²) < 4.78 is 26.6. The summed E-state index contributed by atoms with van der Waals surface area (Å²) in [5, 5.41) is 2.63. The standard InChI is InChI=1S/C11H15N3O3S/c12-8-1-4-10(5-2-8)18(16,17)14-9-3-6-11(15)13-7-9/h1-2,4-5,9,14H,3,6-7,12H2,(H,13,15). The Balaban J connectivity index is 2.07. The molecule has 1 heterocycles. The van der Waals surface area contributed by atoms with E-state index in [1.165, 1.54) is 24.3 Å². The number of nitrogens with one attached hydrogen (secondary N) is 2. The summed E-state index contributed by atoms with van der Waals surface area (Å²) in [4.78, 5) is 11.2. The molecule has 0 aliphatic carbocycles. The lowest BCUT2D eigenvalue weighted by Gasteiger charge is -2.23. The maximum Gasteiger partial charge on any atom is 0.240 e. The molecule has 98 valence electrons. The fourth-order valence-electron chi connectivity index (χ4n) is 1.77. The molecule has 0 bridgehead atoms. The van der Waals surface area contributed by atoms with Crippen molar-refractivity contribution in [2.75, 3.05) is 12.3 Å². The molecule has 0 radical (unpaired) electrons. The third-order valence-electron chi connectivity index (χ3n) is 2.78. The molecule has 1 unspecified atom stereocenters. The summed E-state index contributed by atoms with van der Waals surface area (Å²) >= 11 is 0. The maximum atomic E-state index is 12.0. The lowest BCUT2D eigenvalue weighted by atomic mass is 10.1. The largest absolute Gasteiger partial charge is 0.399 e. The lowest BCUT2D eigenvalue weighted by molar-refractivity contribution is -0.122. The van der Waals surface area contributed by atoms with Crippen molar-refractivity contribution in [2.45, 2.75) is 23.8 Å². The number of anilines is 1. The van der Waals surface area contributed by atoms with Gasteiger partial charge in [-0.3, -0.25) is 4.79 Å². The fourth-order valence-corrected chi connectivity index (χ4v) is 3.04. The Morgan fingerprint density at radius 3 is 2.50 bits per heavy atom. The molecule has 4 N–H and O–H groups in total. The number of rotatable bonds is 3. The van der Waals surface area contributed by atoms with Crippen molar-refractivity contribution in [1.82, 2.24) is 10.0 Å². The number of carbonyl (C=O) groups excluding carboxylic acids is 1. The van der Waals surface area contributed by atoms with E-state index in [9.17, 15) is 13.2 Å². The number of nitrogen functional groups attached to an aromatic ring is 1. The van der Waals surface area contributed by atoms with Gasteiger partial charge in [0.05, 0.1) is 4.90 Å². The van der Waals surface area contributed by atoms with Crippen LogP contribution in [0.1, 0.15) is 12.8 Å². The Kier molecular flexibility index (Phi) is 3.53. The molecule has 0 saturated carbocycles. The topological polar surface area (TPSA) is 101 Å². The Labute approximate surface area is 106 Å². The maximum absolute atomic E-state index is 12.0. The molecular formula is C11H15N3O3S. The van der Waals surface area contributed by atoms with Gasteiger partial charge in [0.15, 0.2) is 0 Å². The Bertz CT molecular complexity index is 529. The Morgan fingerprint density at radius 2 is 1.94 bits per heavy atom. The molecule has 7 heteroatoms. The number of piperidine rings is 1. The third kappa shape index (κ3) is 2.99. The molecule has 1 fully saturated rings. The van der Waals surface area contributed by atoms with Gasteiger partial charge in [0, 0.05) is 24.7 Å². The molecule has 1 atom stereocenters. The predicted molar refractivity (Wildman–Crippen MR) is 67.2 cm³/mol. The van der Waals surface area contributed by atoms with Crippen molar-refractivity contribution in [3.05, 3.63) is 24.3 Å². The van der Waals surface area contributed by atoms with Crippen LogP contribution in [0.3, 0.4) is 0 Å². The summed E-state index contributed by atoms with van der Waals surface area (Å²) in [5.41, 5.74) is 6.02. The van der Waals surface area contributed by atoms with Crippen molar-refractivity contribution < 1.29 is 13.2 Å². The van der Waals surface area contributed by atoms with Gasteiger partial charge in [0.1, 0.15) is 0 Å². The Hall–Kier alpha value is -1.60. The van der Waals surface area contributed by atoms with E-state index < -0.39 is 10.0 Å². The minimum absolute atomic E-state index is 0.0436. The molecule has 0 spiro atoms. The smallest absolute Gasteiger partial charge is 0.240 e. The zero-order valence-electron chi connectivity index (χ0n) is 9.72. The molecule has 1 aliphatic rings. The van der Waals surface area contributed by atoms with Crippen LogP contribution in [0.5, 0.6) is 0 Å². The van der Waals surface area contributed by atoms with Crippen LogP contribution in [0.4, 0.5) is 5.69 Å². The number of sulfonamides is 1. The van der Waals surface area contributed by atoms with Gasteiger partial charge in [0.25, 0.3) is 0 Å². The quantitative estimate of drug-likeness (QED) is 0.663. The summed E-state index contributed by atoms with van der Waals surface area (Å²) in [6, 6.07) is 5.73. The number of amides is 1. The number of hydrogen-bond acceptors (Lipinski definition) is 4. The number of benzene rings is 1. The molecule has 18 heavy (non-hydrogen) atoms. The molecular weight excluding hydrogens is 254 g/mol. The minimum Gasteiger partial charge on any atom is -0.399 e. The summed E-state index contributed by atoms with van der Waals surface area (Å²) in [5.74, 6) is -0.0436. The average Bonchev–Trinajstić information content (AvgIpc) is 2.32. The monoisotopic (exact) mass is 269 g/mol. The van der Waals surface area contributed by atoms with Crippen molar-refractivity contribution in [2.24, 2.45) is 0 Å². The van der Waals surface area contributed by atoms with Crippen LogP contribution in [0.25, 0.3) is 0 Å². The molecule has 6 nitrogen and oxygen atoms in total. The van der Waals surface area contributed by atoms with E-state index >= 15 is 0 Å². The molecule has 1 aliphatic heterocycles. The van der Waals surface area contributed by atoms with Crippen LogP contribution < -0.4 is 15.8 Å². The first-order valence-electron chi connectivity index (χ1n) is 5.62. The highest BCUT2D eigenvalue weighted by Gasteiger charge is 2.23. The van der Waals surface area contributed by atoms with Crippen molar-refractivity contribution in [1.29, 1.82) is 0 Å². The first kappa shape index (κ1) is 12.8. The second kappa shape index (κ2) is 4.95. The van der Waals surface area contributed by atoms with Crippen LogP contribution in [-0.2, 0) is 14.8 Å². The van der Waals surface area contributed by atoms with E-state index in [1.807, 2.05) is 0 Å². The third-order valence-corrected chi connectivity index (χ3v) is 4.31. The van der Waals surface area contributed by atoms with Crippen LogP contribution in [-0.4, -0.2) is 26.9 Å². The van der Waals surface area contributed by atoms with Gasteiger partial charge < -0.3 is 11.1 Å². The van der Waals surface area contributed by atoms with E-state index in [2.05, 4.69) is 10.0 Å². The molecule has 1 aromatic rings. The highest BCUT2D eigenvalue weighted by molar-refractivity contribution is 7.89. The van der Waals surface area contributed by atoms with Gasteiger partial charge in [0.2, 0.25) is 15.9 Å². The molecule has 0 aromatic heterocycles. The minimum atomic E-state index is -3.55. The zero-order valence-corrected chi connectivity index (χ0v) is 10.5. The Morgan fingerprint density at radius 1 is 1.28 bits per heavy atom. The first-order valence-corrected chi connectivity index (χ1v) is 7.10. The van der Waals surface area contributed by atoms with Crippen LogP contribution in [0.15, 0.2) is 29.2 Å². The van der Waals surface area contributed by atoms with Gasteiger partial charge in [-0.1, -0.05) is 0 Å². The van der Waals surface area contributed by atoms with Gasteiger partial charge in [-0.05, 0) is 30.7 Å². The molecule has 1 amide bonds. The highest BCUT2D eigenvalue weighted by Crippen LogP contribution is 2.13. The summed E-state index contributed by atoms with van der Waals surface area (Å²) in [7, 11) is -3.55. The van der Waals surface area contributed by atoms with Crippen molar-refractivity contribution in [3.8, 4) is 0 Å². The summed E-state index contributed by atoms with van der Waals surface area (Å²) in [6.07, 6.45) is 0.856. The first-order chi connectivity index (χ1) is 8.47. The molecule has 1 saturated heterocycles. The van der Waals surface area contributed by atoms with Gasteiger partial charge in [-0.15, -0.1) is 0 Å².